The number of nitrogens with zero attached hydrogens (tertiary/aromatic N) is 1. The molecule has 0 fully saturated rings. The molecule has 0 unspecified atom stereocenters. The first kappa shape index (κ1) is 10.3. The molecule has 6 nitrogen and oxygen atoms in total. The van der Waals surface area contributed by atoms with Crippen LogP contribution >= 0.6 is 11.6 Å². The number of non-ortho nitro benzene ring substituents is 1. The van der Waals surface area contributed by atoms with Gasteiger partial charge in [-0.05, 0) is 0 Å². The second-order valence-corrected chi connectivity index (χ2v) is 2.83. The van der Waals surface area contributed by atoms with Gasteiger partial charge < -0.3 is 10.8 Å². The minimum absolute atomic E-state index is 0.279. The summed E-state index contributed by atoms with van der Waals surface area (Å²) in [6.07, 6.45) is 0. The van der Waals surface area contributed by atoms with Crippen LogP contribution in [-0.4, -0.2) is 15.9 Å². The Morgan fingerprint density at radius 2 is 2.14 bits per heavy atom. The molecule has 0 heterocycles. The molecule has 1 aromatic rings. The lowest BCUT2D eigenvalue weighted by Gasteiger charge is -2.01. The van der Waals surface area contributed by atoms with Crippen LogP contribution in [-0.2, 0) is 0 Å². The van der Waals surface area contributed by atoms with E-state index >= 15 is 0 Å². The molecule has 0 radical (unpaired) electrons. The number of carbonyl (C=O) groups is 1. The highest BCUT2D eigenvalue weighted by atomic mass is 35.5. The lowest BCUT2D eigenvalue weighted by Crippen LogP contribution is -2.12. The largest absolute Gasteiger partial charge is 0.506 e. The molecule has 0 aromatic heterocycles. The maximum atomic E-state index is 10.8. The number of nitrogens with two attached hydrogens (primary N) is 1. The lowest BCUT2D eigenvalue weighted by atomic mass is 10.2. The lowest BCUT2D eigenvalue weighted by molar-refractivity contribution is -0.385. The summed E-state index contributed by atoms with van der Waals surface area (Å²) >= 11 is 5.49. The van der Waals surface area contributed by atoms with Crippen molar-refractivity contribution in [2.75, 3.05) is 0 Å². The van der Waals surface area contributed by atoms with Gasteiger partial charge in [0.15, 0.2) is 0 Å². The van der Waals surface area contributed by atoms with Crippen LogP contribution in [0.1, 0.15) is 10.4 Å². The monoisotopic (exact) mass is 216 g/mol. The smallest absolute Gasteiger partial charge is 0.274 e. The Balaban J connectivity index is 3.43. The number of benzene rings is 1. The van der Waals surface area contributed by atoms with E-state index in [1.807, 2.05) is 0 Å². The fourth-order valence-corrected chi connectivity index (χ4v) is 1.08. The van der Waals surface area contributed by atoms with E-state index in [4.69, 9.17) is 22.4 Å². The average molecular weight is 217 g/mol. The van der Waals surface area contributed by atoms with Crippen molar-refractivity contribution in [3.8, 4) is 5.75 Å². The van der Waals surface area contributed by atoms with Crippen LogP contribution in [0.25, 0.3) is 0 Å². The standard InChI is InChI=1S/C7H5ClN2O4/c8-6-4(7(9)12)1-3(10(13)14)2-5(6)11/h1-2,11H,(H2,9,12). The van der Waals surface area contributed by atoms with Gasteiger partial charge in [0.2, 0.25) is 0 Å². The molecule has 1 amide bonds. The van der Waals surface area contributed by atoms with E-state index in [1.165, 1.54) is 0 Å². The van der Waals surface area contributed by atoms with Crippen LogP contribution in [0.15, 0.2) is 12.1 Å². The number of hydrogen-bond donors (Lipinski definition) is 2. The fraction of sp³-hybridized carbons (Fsp3) is 0. The van der Waals surface area contributed by atoms with Gasteiger partial charge >= 0.3 is 0 Å². The predicted molar refractivity (Wildman–Crippen MR) is 48.3 cm³/mol. The second-order valence-electron chi connectivity index (χ2n) is 2.45. The zero-order valence-electron chi connectivity index (χ0n) is 6.73. The number of nitro benzene ring substituents is 1. The highest BCUT2D eigenvalue weighted by Crippen LogP contribution is 2.31. The first-order chi connectivity index (χ1) is 6.43. The fourth-order valence-electron chi connectivity index (χ4n) is 0.879. The summed E-state index contributed by atoms with van der Waals surface area (Å²) in [7, 11) is 0. The maximum absolute atomic E-state index is 10.8. The first-order valence-electron chi connectivity index (χ1n) is 3.40. The summed E-state index contributed by atoms with van der Waals surface area (Å²) in [5, 5.41) is 19.2. The minimum Gasteiger partial charge on any atom is -0.506 e. The first-order valence-corrected chi connectivity index (χ1v) is 3.78. The Kier molecular flexibility index (Phi) is 2.57. The molecule has 0 aliphatic carbocycles. The number of rotatable bonds is 2. The zero-order valence-corrected chi connectivity index (χ0v) is 7.49. The minimum atomic E-state index is -0.936. The second kappa shape index (κ2) is 3.51. The van der Waals surface area contributed by atoms with E-state index in [0.29, 0.717) is 0 Å². The summed E-state index contributed by atoms with van der Waals surface area (Å²) in [6.45, 7) is 0. The number of aromatic hydroxyl groups is 1. The number of nitro groups is 1. The maximum Gasteiger partial charge on any atom is 0.274 e. The van der Waals surface area contributed by atoms with Gasteiger partial charge in [-0.25, -0.2) is 0 Å². The van der Waals surface area contributed by atoms with E-state index in [1.54, 1.807) is 0 Å². The van der Waals surface area contributed by atoms with Crippen LogP contribution in [0.2, 0.25) is 5.02 Å². The van der Waals surface area contributed by atoms with E-state index in [2.05, 4.69) is 0 Å². The van der Waals surface area contributed by atoms with E-state index < -0.39 is 22.3 Å². The van der Waals surface area contributed by atoms with Gasteiger partial charge in [-0.15, -0.1) is 0 Å². The number of phenols is 1. The number of halogens is 1. The molecule has 7 heteroatoms. The van der Waals surface area contributed by atoms with Crippen LogP contribution in [0.5, 0.6) is 5.75 Å². The van der Waals surface area contributed by atoms with E-state index in [9.17, 15) is 14.9 Å². The van der Waals surface area contributed by atoms with Crippen molar-refractivity contribution < 1.29 is 14.8 Å². The summed E-state index contributed by atoms with van der Waals surface area (Å²) in [5.74, 6) is -1.48. The summed E-state index contributed by atoms with van der Waals surface area (Å²) in [4.78, 5) is 20.3. The van der Waals surface area contributed by atoms with Crippen molar-refractivity contribution in [1.82, 2.24) is 0 Å². The molecule has 0 saturated heterocycles. The molecule has 14 heavy (non-hydrogen) atoms. The Morgan fingerprint density at radius 1 is 1.57 bits per heavy atom. The third-order valence-electron chi connectivity index (χ3n) is 1.51. The van der Waals surface area contributed by atoms with Crippen molar-refractivity contribution in [2.24, 2.45) is 5.73 Å². The number of phenolic OH excluding ortho intramolecular Hbond substituents is 1. The highest BCUT2D eigenvalue weighted by molar-refractivity contribution is 6.35. The predicted octanol–water partition coefficient (Wildman–Crippen LogP) is 1.05. The molecule has 0 aliphatic heterocycles. The average Bonchev–Trinajstić information content (AvgIpc) is 2.08. The van der Waals surface area contributed by atoms with Gasteiger partial charge in [-0.3, -0.25) is 14.9 Å². The SMILES string of the molecule is NC(=O)c1cc([N+](=O)[O-])cc(O)c1Cl. The van der Waals surface area contributed by atoms with Crippen LogP contribution in [0.3, 0.4) is 0 Å². The Labute approximate surface area is 83.0 Å². The Morgan fingerprint density at radius 3 is 2.57 bits per heavy atom. The molecule has 0 bridgehead atoms. The van der Waals surface area contributed by atoms with Crippen LogP contribution < -0.4 is 5.73 Å². The summed E-state index contributed by atoms with van der Waals surface area (Å²) in [5.41, 5.74) is 4.17. The third kappa shape index (κ3) is 1.74. The zero-order chi connectivity index (χ0) is 10.9. The molecule has 0 saturated carbocycles. The van der Waals surface area contributed by atoms with Gasteiger partial charge in [0, 0.05) is 6.07 Å². The van der Waals surface area contributed by atoms with Gasteiger partial charge in [-0.2, -0.15) is 0 Å². The van der Waals surface area contributed by atoms with Crippen LogP contribution in [0, 0.1) is 10.1 Å². The molecule has 0 spiro atoms. The number of carbonyl (C=O) groups excluding carboxylic acids is 1. The van der Waals surface area contributed by atoms with Gasteiger partial charge in [-0.1, -0.05) is 11.6 Å². The number of hydrogen-bond acceptors (Lipinski definition) is 4. The molecule has 1 rings (SSSR count). The Bertz CT molecular complexity index is 418. The topological polar surface area (TPSA) is 106 Å². The summed E-state index contributed by atoms with van der Waals surface area (Å²) < 4.78 is 0. The molecule has 0 atom stereocenters. The number of primary amides is 1. The molecular formula is C7H5ClN2O4. The van der Waals surface area contributed by atoms with E-state index in [-0.39, 0.29) is 10.6 Å². The molecule has 3 N–H and O–H groups in total. The van der Waals surface area contributed by atoms with Gasteiger partial charge in [0.05, 0.1) is 21.6 Å². The van der Waals surface area contributed by atoms with Crippen molar-refractivity contribution >= 4 is 23.2 Å². The van der Waals surface area contributed by atoms with Crippen LogP contribution in [0.4, 0.5) is 5.69 Å². The van der Waals surface area contributed by atoms with Crippen molar-refractivity contribution in [1.29, 1.82) is 0 Å². The summed E-state index contributed by atoms with van der Waals surface area (Å²) in [6, 6.07) is 1.75. The molecule has 74 valence electrons. The normalized spacial score (nSPS) is 9.79. The highest BCUT2D eigenvalue weighted by Gasteiger charge is 2.17. The van der Waals surface area contributed by atoms with E-state index in [0.717, 1.165) is 12.1 Å². The molecule has 1 aromatic carbocycles. The molecular weight excluding hydrogens is 212 g/mol. The van der Waals surface area contributed by atoms with Gasteiger partial charge in [0.25, 0.3) is 11.6 Å². The quantitative estimate of drug-likeness (QED) is 0.569. The number of amides is 1. The van der Waals surface area contributed by atoms with Crippen molar-refractivity contribution in [3.63, 3.8) is 0 Å². The van der Waals surface area contributed by atoms with Crippen molar-refractivity contribution in [2.45, 2.75) is 0 Å². The van der Waals surface area contributed by atoms with Gasteiger partial charge in [0.1, 0.15) is 5.75 Å². The molecule has 0 aliphatic rings. The third-order valence-corrected chi connectivity index (χ3v) is 1.91. The Hall–Kier alpha value is -1.82. The van der Waals surface area contributed by atoms with Crippen molar-refractivity contribution in [3.05, 3.63) is 32.8 Å².